The van der Waals surface area contributed by atoms with E-state index in [1.165, 1.54) is 0 Å². The predicted octanol–water partition coefficient (Wildman–Crippen LogP) is 6.66. The molecule has 0 spiro atoms. The normalized spacial score (nSPS) is 11.1. The van der Waals surface area contributed by atoms with Gasteiger partial charge < -0.3 is 0 Å². The molecule has 0 unspecified atom stereocenters. The first-order valence-electron chi connectivity index (χ1n) is 9.79. The van der Waals surface area contributed by atoms with Gasteiger partial charge in [0.05, 0.1) is 0 Å². The Bertz CT molecular complexity index is 1140. The molecule has 0 aliphatic carbocycles. The lowest BCUT2D eigenvalue weighted by Gasteiger charge is -2.18. The SMILES string of the molecule is C#Cc1ccc(/C(=C(\c2ccccc2)c2ccc(C#C)cc2)c2ccccc2)cc1. The molecule has 0 N–H and O–H groups in total. The Kier molecular flexibility index (Phi) is 5.61. The van der Waals surface area contributed by atoms with E-state index in [9.17, 15) is 0 Å². The molecule has 0 saturated carbocycles. The fraction of sp³-hybridized carbons (Fsp3) is 0. The van der Waals surface area contributed by atoms with Crippen LogP contribution in [0.2, 0.25) is 0 Å². The molecule has 0 heterocycles. The summed E-state index contributed by atoms with van der Waals surface area (Å²) in [6, 6.07) is 37.2. The lowest BCUT2D eigenvalue weighted by atomic mass is 9.85. The van der Waals surface area contributed by atoms with E-state index < -0.39 is 0 Å². The first-order chi connectivity index (χ1) is 14.8. The topological polar surface area (TPSA) is 0 Å². The molecule has 0 heteroatoms. The summed E-state index contributed by atoms with van der Waals surface area (Å²) in [5.41, 5.74) is 8.55. The van der Waals surface area contributed by atoms with Crippen molar-refractivity contribution in [1.29, 1.82) is 0 Å². The molecule has 4 aromatic rings. The molecule has 0 radical (unpaired) electrons. The van der Waals surface area contributed by atoms with Crippen molar-refractivity contribution in [2.45, 2.75) is 0 Å². The van der Waals surface area contributed by atoms with Crippen molar-refractivity contribution in [2.24, 2.45) is 0 Å². The maximum atomic E-state index is 5.58. The van der Waals surface area contributed by atoms with Crippen molar-refractivity contribution < 1.29 is 0 Å². The van der Waals surface area contributed by atoms with Crippen LogP contribution in [0.5, 0.6) is 0 Å². The number of benzene rings is 4. The highest BCUT2D eigenvalue weighted by atomic mass is 14.2. The highest BCUT2D eigenvalue weighted by Gasteiger charge is 2.16. The number of hydrogen-bond acceptors (Lipinski definition) is 0. The van der Waals surface area contributed by atoms with Gasteiger partial charge in [-0.15, -0.1) is 12.8 Å². The van der Waals surface area contributed by atoms with E-state index in [1.54, 1.807) is 0 Å². The third-order valence-corrected chi connectivity index (χ3v) is 5.06. The van der Waals surface area contributed by atoms with Gasteiger partial charge in [-0.05, 0) is 57.7 Å². The lowest BCUT2D eigenvalue weighted by Crippen LogP contribution is -1.97. The molecule has 0 saturated heterocycles. The average Bonchev–Trinajstić information content (AvgIpc) is 2.84. The summed E-state index contributed by atoms with van der Waals surface area (Å²) in [4.78, 5) is 0. The summed E-state index contributed by atoms with van der Waals surface area (Å²) >= 11 is 0. The third kappa shape index (κ3) is 3.95. The molecule has 0 atom stereocenters. The van der Waals surface area contributed by atoms with Crippen LogP contribution < -0.4 is 0 Å². The summed E-state index contributed by atoms with van der Waals surface area (Å²) in [6.45, 7) is 0. The Morgan fingerprint density at radius 3 is 1.00 bits per heavy atom. The summed E-state index contributed by atoms with van der Waals surface area (Å²) in [5.74, 6) is 5.41. The van der Waals surface area contributed by atoms with E-state index in [0.29, 0.717) is 0 Å². The first-order valence-corrected chi connectivity index (χ1v) is 9.79. The predicted molar refractivity (Wildman–Crippen MR) is 127 cm³/mol. The van der Waals surface area contributed by atoms with Crippen molar-refractivity contribution in [3.05, 3.63) is 143 Å². The quantitative estimate of drug-likeness (QED) is 0.274. The Labute approximate surface area is 178 Å². The second kappa shape index (κ2) is 8.83. The van der Waals surface area contributed by atoms with Crippen molar-refractivity contribution in [2.75, 3.05) is 0 Å². The smallest absolute Gasteiger partial charge is 0.0243 e. The molecule has 30 heavy (non-hydrogen) atoms. The van der Waals surface area contributed by atoms with Crippen molar-refractivity contribution in [3.8, 4) is 24.7 Å². The van der Waals surface area contributed by atoms with E-state index in [4.69, 9.17) is 12.8 Å². The van der Waals surface area contributed by atoms with E-state index in [1.807, 2.05) is 36.4 Å². The molecule has 0 fully saturated rings. The zero-order chi connectivity index (χ0) is 20.8. The summed E-state index contributed by atoms with van der Waals surface area (Å²) < 4.78 is 0. The van der Waals surface area contributed by atoms with Crippen LogP contribution in [-0.2, 0) is 0 Å². The maximum Gasteiger partial charge on any atom is 0.0243 e. The van der Waals surface area contributed by atoms with E-state index >= 15 is 0 Å². The average molecular weight is 380 g/mol. The second-order valence-corrected chi connectivity index (χ2v) is 6.93. The molecule has 0 aromatic heterocycles. The molecular weight excluding hydrogens is 360 g/mol. The zero-order valence-electron chi connectivity index (χ0n) is 16.5. The fourth-order valence-electron chi connectivity index (χ4n) is 3.59. The van der Waals surface area contributed by atoms with Gasteiger partial charge in [0, 0.05) is 11.1 Å². The van der Waals surface area contributed by atoms with Crippen LogP contribution in [-0.4, -0.2) is 0 Å². The largest absolute Gasteiger partial charge is 0.115 e. The van der Waals surface area contributed by atoms with Gasteiger partial charge in [0.2, 0.25) is 0 Å². The van der Waals surface area contributed by atoms with Gasteiger partial charge in [0.25, 0.3) is 0 Å². The molecule has 0 aliphatic rings. The minimum absolute atomic E-state index is 0.866. The molecule has 4 rings (SSSR count). The molecule has 140 valence electrons. The van der Waals surface area contributed by atoms with Crippen molar-refractivity contribution in [1.82, 2.24) is 0 Å². The highest BCUT2D eigenvalue weighted by molar-refractivity contribution is 6.04. The Balaban J connectivity index is 2.06. The Morgan fingerprint density at radius 1 is 0.400 bits per heavy atom. The van der Waals surface area contributed by atoms with Crippen molar-refractivity contribution >= 4 is 11.1 Å². The van der Waals surface area contributed by atoms with Gasteiger partial charge in [0.15, 0.2) is 0 Å². The molecule has 0 nitrogen and oxygen atoms in total. The fourth-order valence-corrected chi connectivity index (χ4v) is 3.59. The van der Waals surface area contributed by atoms with Gasteiger partial charge in [-0.3, -0.25) is 0 Å². The van der Waals surface area contributed by atoms with E-state index in [2.05, 4.69) is 84.6 Å². The van der Waals surface area contributed by atoms with E-state index in [-0.39, 0.29) is 0 Å². The Morgan fingerprint density at radius 2 is 0.700 bits per heavy atom. The minimum Gasteiger partial charge on any atom is -0.115 e. The van der Waals surface area contributed by atoms with Crippen LogP contribution in [0.25, 0.3) is 11.1 Å². The van der Waals surface area contributed by atoms with Crippen LogP contribution in [0, 0.1) is 24.7 Å². The third-order valence-electron chi connectivity index (χ3n) is 5.06. The van der Waals surface area contributed by atoms with Crippen LogP contribution in [0.3, 0.4) is 0 Å². The number of terminal acetylenes is 2. The minimum atomic E-state index is 0.866. The first kappa shape index (κ1) is 19.1. The van der Waals surface area contributed by atoms with Gasteiger partial charge in [-0.2, -0.15) is 0 Å². The maximum absolute atomic E-state index is 5.58. The molecule has 0 bridgehead atoms. The molecule has 0 aliphatic heterocycles. The van der Waals surface area contributed by atoms with Crippen LogP contribution in [0.15, 0.2) is 109 Å². The summed E-state index contributed by atoms with van der Waals surface area (Å²) in [7, 11) is 0. The number of hydrogen-bond donors (Lipinski definition) is 0. The molecular formula is C30H20. The monoisotopic (exact) mass is 380 g/mol. The number of rotatable bonds is 4. The summed E-state index contributed by atoms with van der Waals surface area (Å²) in [6.07, 6.45) is 11.2. The highest BCUT2D eigenvalue weighted by Crippen LogP contribution is 2.36. The van der Waals surface area contributed by atoms with Crippen LogP contribution in [0.1, 0.15) is 33.4 Å². The Hall–Kier alpha value is -4.26. The van der Waals surface area contributed by atoms with Crippen LogP contribution in [0.4, 0.5) is 0 Å². The van der Waals surface area contributed by atoms with E-state index in [0.717, 1.165) is 44.5 Å². The van der Waals surface area contributed by atoms with Gasteiger partial charge in [-0.1, -0.05) is 96.8 Å². The standard InChI is InChI=1S/C30H20/c1-3-23-15-19-27(20-16-23)29(25-11-7-5-8-12-25)30(26-13-9-6-10-14-26)28-21-17-24(4-2)18-22-28/h1-2,5-22H/b30-29+. The molecule has 0 amide bonds. The second-order valence-electron chi connectivity index (χ2n) is 6.93. The van der Waals surface area contributed by atoms with Crippen molar-refractivity contribution in [3.63, 3.8) is 0 Å². The summed E-state index contributed by atoms with van der Waals surface area (Å²) in [5, 5.41) is 0. The van der Waals surface area contributed by atoms with Crippen LogP contribution >= 0.6 is 0 Å². The van der Waals surface area contributed by atoms with Gasteiger partial charge in [-0.25, -0.2) is 0 Å². The van der Waals surface area contributed by atoms with Gasteiger partial charge in [0.1, 0.15) is 0 Å². The van der Waals surface area contributed by atoms with Gasteiger partial charge >= 0.3 is 0 Å². The lowest BCUT2D eigenvalue weighted by molar-refractivity contribution is 1.49. The zero-order valence-corrected chi connectivity index (χ0v) is 16.5. The molecule has 4 aromatic carbocycles.